The smallest absolute Gasteiger partial charge is 0.137 e. The number of likely N-dealkylation sites (tertiary alicyclic amines) is 1. The van der Waals surface area contributed by atoms with Gasteiger partial charge in [-0.15, -0.1) is 0 Å². The Kier molecular flexibility index (Phi) is 5.15. The lowest BCUT2D eigenvalue weighted by Crippen LogP contribution is -2.40. The molecule has 0 saturated carbocycles. The maximum atomic E-state index is 13.5. The zero-order valence-corrected chi connectivity index (χ0v) is 12.1. The highest BCUT2D eigenvalue weighted by Gasteiger charge is 2.22. The van der Waals surface area contributed by atoms with Crippen LogP contribution in [0.5, 0.6) is 0 Å². The van der Waals surface area contributed by atoms with Crippen LogP contribution in [0.15, 0.2) is 22.7 Å². The van der Waals surface area contributed by atoms with Crippen LogP contribution in [0.25, 0.3) is 0 Å². The third kappa shape index (κ3) is 3.31. The molecule has 1 unspecified atom stereocenters. The minimum absolute atomic E-state index is 0.181. The maximum Gasteiger partial charge on any atom is 0.137 e. The summed E-state index contributed by atoms with van der Waals surface area (Å²) in [6, 6.07) is 5.80. The molecule has 18 heavy (non-hydrogen) atoms. The predicted molar refractivity (Wildman–Crippen MR) is 75.8 cm³/mol. The topological polar surface area (TPSA) is 29.3 Å². The van der Waals surface area contributed by atoms with Crippen molar-refractivity contribution in [3.8, 4) is 0 Å². The zero-order chi connectivity index (χ0) is 13.0. The Labute approximate surface area is 116 Å². The average Bonchev–Trinajstić information content (AvgIpc) is 2.37. The third-order valence-electron chi connectivity index (χ3n) is 3.65. The van der Waals surface area contributed by atoms with E-state index in [1.54, 1.807) is 6.07 Å². The lowest BCUT2D eigenvalue weighted by molar-refractivity contribution is 0.133. The molecule has 1 heterocycles. The van der Waals surface area contributed by atoms with Crippen molar-refractivity contribution in [3.05, 3.63) is 34.1 Å². The summed E-state index contributed by atoms with van der Waals surface area (Å²) in [7, 11) is 0. The first-order valence-corrected chi connectivity index (χ1v) is 7.38. The van der Waals surface area contributed by atoms with Crippen molar-refractivity contribution in [2.24, 2.45) is 5.73 Å². The van der Waals surface area contributed by atoms with E-state index in [-0.39, 0.29) is 5.82 Å². The fourth-order valence-corrected chi connectivity index (χ4v) is 3.07. The Hall–Kier alpha value is -0.450. The number of nitrogens with two attached hydrogens (primary N) is 1. The second-order valence-corrected chi connectivity index (χ2v) is 5.70. The monoisotopic (exact) mass is 314 g/mol. The fraction of sp³-hybridized carbons (Fsp3) is 0.571. The van der Waals surface area contributed by atoms with Gasteiger partial charge in [-0.1, -0.05) is 18.6 Å². The Morgan fingerprint density at radius 2 is 2.22 bits per heavy atom. The van der Waals surface area contributed by atoms with Crippen molar-refractivity contribution in [1.29, 1.82) is 0 Å². The van der Waals surface area contributed by atoms with Crippen LogP contribution in [0.4, 0.5) is 4.39 Å². The molecule has 1 aromatic carbocycles. The van der Waals surface area contributed by atoms with E-state index in [4.69, 9.17) is 5.73 Å². The number of nitrogens with zero attached hydrogens (tertiary/aromatic N) is 1. The standard InChI is InChI=1S/C14H20BrFN2/c15-14-11(4-3-6-13(14)16)10-18-9-2-1-5-12(18)7-8-17/h3-4,6,12H,1-2,5,7-10,17H2. The molecular weight excluding hydrogens is 295 g/mol. The molecule has 0 aliphatic carbocycles. The van der Waals surface area contributed by atoms with Crippen molar-refractivity contribution >= 4 is 15.9 Å². The van der Waals surface area contributed by atoms with Crippen LogP contribution in [-0.2, 0) is 6.54 Å². The number of halogens is 2. The summed E-state index contributed by atoms with van der Waals surface area (Å²) in [6.45, 7) is 2.63. The number of piperidine rings is 1. The number of hydrogen-bond acceptors (Lipinski definition) is 2. The number of hydrogen-bond donors (Lipinski definition) is 1. The first-order chi connectivity index (χ1) is 8.72. The van der Waals surface area contributed by atoms with Gasteiger partial charge in [-0.2, -0.15) is 0 Å². The van der Waals surface area contributed by atoms with E-state index >= 15 is 0 Å². The van der Waals surface area contributed by atoms with Gasteiger partial charge in [-0.05, 0) is 59.9 Å². The van der Waals surface area contributed by atoms with E-state index in [0.717, 1.165) is 31.6 Å². The summed E-state index contributed by atoms with van der Waals surface area (Å²) in [5, 5.41) is 0. The molecule has 0 radical (unpaired) electrons. The molecule has 1 aromatic rings. The van der Waals surface area contributed by atoms with Gasteiger partial charge < -0.3 is 5.73 Å². The van der Waals surface area contributed by atoms with Gasteiger partial charge in [0.1, 0.15) is 5.82 Å². The quantitative estimate of drug-likeness (QED) is 0.924. The third-order valence-corrected chi connectivity index (χ3v) is 4.54. The lowest BCUT2D eigenvalue weighted by Gasteiger charge is -2.35. The summed E-state index contributed by atoms with van der Waals surface area (Å²) in [6.07, 6.45) is 4.76. The molecule has 0 spiro atoms. The van der Waals surface area contributed by atoms with E-state index in [2.05, 4.69) is 20.8 Å². The Morgan fingerprint density at radius 1 is 1.39 bits per heavy atom. The summed E-state index contributed by atoms with van der Waals surface area (Å²) in [5.41, 5.74) is 6.70. The summed E-state index contributed by atoms with van der Waals surface area (Å²) in [5.74, 6) is -0.181. The molecule has 4 heteroatoms. The highest BCUT2D eigenvalue weighted by Crippen LogP contribution is 2.26. The molecule has 1 fully saturated rings. The molecule has 1 aliphatic heterocycles. The van der Waals surface area contributed by atoms with Crippen LogP contribution in [-0.4, -0.2) is 24.0 Å². The summed E-state index contributed by atoms with van der Waals surface area (Å²) in [4.78, 5) is 2.44. The molecule has 2 N–H and O–H groups in total. The minimum atomic E-state index is -0.181. The van der Waals surface area contributed by atoms with Gasteiger partial charge in [0.25, 0.3) is 0 Å². The van der Waals surface area contributed by atoms with Crippen LogP contribution in [0.3, 0.4) is 0 Å². The average molecular weight is 315 g/mol. The van der Waals surface area contributed by atoms with Crippen molar-refractivity contribution in [2.45, 2.75) is 38.3 Å². The van der Waals surface area contributed by atoms with Gasteiger partial charge in [0, 0.05) is 12.6 Å². The van der Waals surface area contributed by atoms with Gasteiger partial charge in [-0.25, -0.2) is 4.39 Å². The first-order valence-electron chi connectivity index (χ1n) is 6.59. The van der Waals surface area contributed by atoms with Gasteiger partial charge >= 0.3 is 0 Å². The van der Waals surface area contributed by atoms with Gasteiger partial charge in [0.05, 0.1) is 4.47 Å². The highest BCUT2D eigenvalue weighted by molar-refractivity contribution is 9.10. The van der Waals surface area contributed by atoms with Crippen molar-refractivity contribution in [1.82, 2.24) is 4.90 Å². The Morgan fingerprint density at radius 3 is 3.00 bits per heavy atom. The van der Waals surface area contributed by atoms with Crippen molar-refractivity contribution in [2.75, 3.05) is 13.1 Å². The lowest BCUT2D eigenvalue weighted by atomic mass is 9.98. The van der Waals surface area contributed by atoms with Crippen molar-refractivity contribution in [3.63, 3.8) is 0 Å². The number of benzene rings is 1. The van der Waals surface area contributed by atoms with Crippen LogP contribution >= 0.6 is 15.9 Å². The summed E-state index contributed by atoms with van der Waals surface area (Å²) < 4.78 is 14.1. The van der Waals surface area contributed by atoms with E-state index in [0.29, 0.717) is 10.5 Å². The molecule has 2 nitrogen and oxygen atoms in total. The molecule has 2 rings (SSSR count). The van der Waals surface area contributed by atoms with E-state index in [9.17, 15) is 4.39 Å². The van der Waals surface area contributed by atoms with Crippen LogP contribution in [0.1, 0.15) is 31.2 Å². The summed E-state index contributed by atoms with van der Waals surface area (Å²) >= 11 is 3.34. The second-order valence-electron chi connectivity index (χ2n) is 4.91. The highest BCUT2D eigenvalue weighted by atomic mass is 79.9. The molecule has 1 aliphatic rings. The maximum absolute atomic E-state index is 13.5. The minimum Gasteiger partial charge on any atom is -0.330 e. The Bertz CT molecular complexity index is 395. The zero-order valence-electron chi connectivity index (χ0n) is 10.5. The second kappa shape index (κ2) is 6.64. The molecule has 100 valence electrons. The molecular formula is C14H20BrFN2. The normalized spacial score (nSPS) is 21.2. The van der Waals surface area contributed by atoms with Crippen LogP contribution in [0.2, 0.25) is 0 Å². The predicted octanol–water partition coefficient (Wildman–Crippen LogP) is 3.29. The van der Waals surface area contributed by atoms with Gasteiger partial charge in [0.2, 0.25) is 0 Å². The largest absolute Gasteiger partial charge is 0.330 e. The van der Waals surface area contributed by atoms with Gasteiger partial charge in [0.15, 0.2) is 0 Å². The van der Waals surface area contributed by atoms with Crippen LogP contribution < -0.4 is 5.73 Å². The number of rotatable bonds is 4. The van der Waals surface area contributed by atoms with Gasteiger partial charge in [-0.3, -0.25) is 4.90 Å². The SMILES string of the molecule is NCCC1CCCCN1Cc1cccc(F)c1Br. The molecule has 1 saturated heterocycles. The molecule has 0 amide bonds. The molecule has 1 atom stereocenters. The molecule has 0 bridgehead atoms. The van der Waals surface area contributed by atoms with E-state index in [1.165, 1.54) is 25.3 Å². The fourth-order valence-electron chi connectivity index (χ4n) is 2.68. The Balaban J connectivity index is 2.08. The van der Waals surface area contributed by atoms with E-state index < -0.39 is 0 Å². The van der Waals surface area contributed by atoms with Crippen LogP contribution in [0, 0.1) is 5.82 Å². The first kappa shape index (κ1) is 14.0. The van der Waals surface area contributed by atoms with E-state index in [1.807, 2.05) is 6.07 Å². The molecule has 0 aromatic heterocycles. The van der Waals surface area contributed by atoms with Crippen molar-refractivity contribution < 1.29 is 4.39 Å².